The van der Waals surface area contributed by atoms with Crippen LogP contribution in [-0.2, 0) is 9.59 Å². The SMILES string of the molecule is CC[NH+](CCOc1cc(C)cc(C)c1)CC(=O)Nc1ccc(NC(C)=O)cc1. The molecule has 0 fully saturated rings. The van der Waals surface area contributed by atoms with Gasteiger partial charge in [0.25, 0.3) is 5.91 Å². The van der Waals surface area contributed by atoms with Crippen molar-refractivity contribution in [1.29, 1.82) is 0 Å². The van der Waals surface area contributed by atoms with Crippen LogP contribution in [0.2, 0.25) is 0 Å². The van der Waals surface area contributed by atoms with Crippen molar-refractivity contribution in [3.05, 3.63) is 53.6 Å². The van der Waals surface area contributed by atoms with Crippen LogP contribution in [0.15, 0.2) is 42.5 Å². The first-order valence-electron chi connectivity index (χ1n) is 9.58. The van der Waals surface area contributed by atoms with E-state index in [1.54, 1.807) is 24.3 Å². The van der Waals surface area contributed by atoms with Gasteiger partial charge in [-0.05, 0) is 68.3 Å². The number of carbonyl (C=O) groups is 2. The number of nitrogens with one attached hydrogen (secondary N) is 3. The summed E-state index contributed by atoms with van der Waals surface area (Å²) >= 11 is 0. The number of likely N-dealkylation sites (N-methyl/N-ethyl adjacent to an activating group) is 1. The number of rotatable bonds is 9. The summed E-state index contributed by atoms with van der Waals surface area (Å²) in [6, 6.07) is 13.2. The van der Waals surface area contributed by atoms with Gasteiger partial charge in [0.15, 0.2) is 6.54 Å². The van der Waals surface area contributed by atoms with E-state index in [4.69, 9.17) is 4.74 Å². The average Bonchev–Trinajstić information content (AvgIpc) is 2.61. The lowest BCUT2D eigenvalue weighted by atomic mass is 10.1. The average molecular weight is 385 g/mol. The van der Waals surface area contributed by atoms with Crippen LogP contribution in [0.1, 0.15) is 25.0 Å². The summed E-state index contributed by atoms with van der Waals surface area (Å²) in [7, 11) is 0. The fourth-order valence-electron chi connectivity index (χ4n) is 2.99. The van der Waals surface area contributed by atoms with Crippen molar-refractivity contribution >= 4 is 23.2 Å². The van der Waals surface area contributed by atoms with Gasteiger partial charge in [-0.1, -0.05) is 6.07 Å². The topological polar surface area (TPSA) is 71.9 Å². The van der Waals surface area contributed by atoms with Crippen LogP contribution in [0.5, 0.6) is 5.75 Å². The van der Waals surface area contributed by atoms with Crippen molar-refractivity contribution in [2.45, 2.75) is 27.7 Å². The van der Waals surface area contributed by atoms with Crippen molar-refractivity contribution in [2.24, 2.45) is 0 Å². The standard InChI is InChI=1S/C22H29N3O3/c1-5-25(10-11-28-21-13-16(2)12-17(3)14-21)15-22(27)24-20-8-6-19(7-9-20)23-18(4)26/h6-9,12-14H,5,10-11,15H2,1-4H3,(H,23,26)(H,24,27)/p+1. The van der Waals surface area contributed by atoms with Crippen LogP contribution < -0.4 is 20.3 Å². The van der Waals surface area contributed by atoms with Crippen LogP contribution in [0.4, 0.5) is 11.4 Å². The maximum absolute atomic E-state index is 12.3. The monoisotopic (exact) mass is 384 g/mol. The molecule has 0 aromatic heterocycles. The van der Waals surface area contributed by atoms with Gasteiger partial charge in [0, 0.05) is 18.3 Å². The van der Waals surface area contributed by atoms with Gasteiger partial charge in [0.05, 0.1) is 6.54 Å². The minimum Gasteiger partial charge on any atom is -0.488 e. The van der Waals surface area contributed by atoms with E-state index >= 15 is 0 Å². The second-order valence-corrected chi connectivity index (χ2v) is 7.01. The molecular formula is C22H30N3O3+. The lowest BCUT2D eigenvalue weighted by molar-refractivity contribution is -0.889. The molecule has 2 aromatic rings. The third-order valence-electron chi connectivity index (χ3n) is 4.32. The number of hydrogen-bond donors (Lipinski definition) is 3. The van der Waals surface area contributed by atoms with Gasteiger partial charge >= 0.3 is 0 Å². The molecule has 2 rings (SSSR count). The van der Waals surface area contributed by atoms with Crippen molar-refractivity contribution in [3.63, 3.8) is 0 Å². The molecule has 0 radical (unpaired) electrons. The molecule has 0 saturated carbocycles. The highest BCUT2D eigenvalue weighted by atomic mass is 16.5. The third kappa shape index (κ3) is 7.40. The molecule has 2 aromatic carbocycles. The highest BCUT2D eigenvalue weighted by Gasteiger charge is 2.13. The fraction of sp³-hybridized carbons (Fsp3) is 0.364. The first-order chi connectivity index (χ1) is 13.4. The highest BCUT2D eigenvalue weighted by Crippen LogP contribution is 2.16. The number of hydrogen-bond acceptors (Lipinski definition) is 3. The zero-order chi connectivity index (χ0) is 20.5. The zero-order valence-electron chi connectivity index (χ0n) is 17.1. The van der Waals surface area contributed by atoms with Crippen LogP contribution in [0.3, 0.4) is 0 Å². The van der Waals surface area contributed by atoms with E-state index in [1.165, 1.54) is 18.1 Å². The maximum atomic E-state index is 12.3. The van der Waals surface area contributed by atoms with Crippen LogP contribution in [0, 0.1) is 13.8 Å². The number of aryl methyl sites for hydroxylation is 2. The predicted molar refractivity (Wildman–Crippen MR) is 112 cm³/mol. The molecule has 1 atom stereocenters. The summed E-state index contributed by atoms with van der Waals surface area (Å²) in [4.78, 5) is 24.5. The number of carbonyl (C=O) groups excluding carboxylic acids is 2. The van der Waals surface area contributed by atoms with E-state index in [-0.39, 0.29) is 11.8 Å². The van der Waals surface area contributed by atoms with E-state index < -0.39 is 0 Å². The van der Waals surface area contributed by atoms with Crippen LogP contribution in [-0.4, -0.2) is 38.1 Å². The maximum Gasteiger partial charge on any atom is 0.279 e. The third-order valence-corrected chi connectivity index (χ3v) is 4.32. The number of anilines is 2. The zero-order valence-corrected chi connectivity index (χ0v) is 17.1. The van der Waals surface area contributed by atoms with Gasteiger partial charge in [-0.2, -0.15) is 0 Å². The Balaban J connectivity index is 1.79. The van der Waals surface area contributed by atoms with E-state index in [2.05, 4.69) is 37.5 Å². The molecule has 6 nitrogen and oxygen atoms in total. The quantitative estimate of drug-likeness (QED) is 0.621. The van der Waals surface area contributed by atoms with Gasteiger partial charge in [-0.25, -0.2) is 0 Å². The minimum absolute atomic E-state index is 0.0458. The molecule has 3 N–H and O–H groups in total. The molecular weight excluding hydrogens is 354 g/mol. The van der Waals surface area contributed by atoms with Crippen molar-refractivity contribution < 1.29 is 19.2 Å². The number of quaternary nitrogens is 1. The van der Waals surface area contributed by atoms with Gasteiger partial charge in [0.1, 0.15) is 18.9 Å². The predicted octanol–water partition coefficient (Wildman–Crippen LogP) is 2.18. The Bertz CT molecular complexity index is 783. The van der Waals surface area contributed by atoms with E-state index in [0.29, 0.717) is 24.5 Å². The molecule has 2 amide bonds. The summed E-state index contributed by atoms with van der Waals surface area (Å²) < 4.78 is 5.86. The Labute approximate surface area is 166 Å². The fourth-order valence-corrected chi connectivity index (χ4v) is 2.99. The Morgan fingerprint density at radius 3 is 2.07 bits per heavy atom. The van der Waals surface area contributed by atoms with Gasteiger partial charge in [-0.15, -0.1) is 0 Å². The summed E-state index contributed by atoms with van der Waals surface area (Å²) in [6.45, 7) is 10.1. The molecule has 0 saturated heterocycles. The van der Waals surface area contributed by atoms with Crippen LogP contribution in [0.25, 0.3) is 0 Å². The van der Waals surface area contributed by atoms with Crippen molar-refractivity contribution in [2.75, 3.05) is 36.9 Å². The van der Waals surface area contributed by atoms with Gasteiger partial charge in [0.2, 0.25) is 5.91 Å². The molecule has 150 valence electrons. The van der Waals surface area contributed by atoms with E-state index in [1.807, 2.05) is 12.1 Å². The van der Waals surface area contributed by atoms with Gasteiger partial charge < -0.3 is 20.3 Å². The molecule has 0 aliphatic rings. The second-order valence-electron chi connectivity index (χ2n) is 7.01. The van der Waals surface area contributed by atoms with Crippen molar-refractivity contribution in [1.82, 2.24) is 0 Å². The lowest BCUT2D eigenvalue weighted by Crippen LogP contribution is -3.13. The summed E-state index contributed by atoms with van der Waals surface area (Å²) in [5, 5.41) is 5.60. The summed E-state index contributed by atoms with van der Waals surface area (Å²) in [6.07, 6.45) is 0. The molecule has 0 aliphatic heterocycles. The molecule has 6 heteroatoms. The first kappa shape index (κ1) is 21.4. The lowest BCUT2D eigenvalue weighted by Gasteiger charge is -2.18. The number of ether oxygens (including phenoxy) is 1. The second kappa shape index (κ2) is 10.5. The largest absolute Gasteiger partial charge is 0.488 e. The molecule has 0 bridgehead atoms. The van der Waals surface area contributed by atoms with Crippen molar-refractivity contribution in [3.8, 4) is 5.75 Å². The molecule has 28 heavy (non-hydrogen) atoms. The van der Waals surface area contributed by atoms with Crippen LogP contribution >= 0.6 is 0 Å². The molecule has 0 spiro atoms. The highest BCUT2D eigenvalue weighted by molar-refractivity contribution is 5.92. The smallest absolute Gasteiger partial charge is 0.279 e. The normalized spacial score (nSPS) is 11.6. The summed E-state index contributed by atoms with van der Waals surface area (Å²) in [5.41, 5.74) is 3.77. The van der Waals surface area contributed by atoms with E-state index in [9.17, 15) is 9.59 Å². The Kier molecular flexibility index (Phi) is 8.02. The number of amides is 2. The number of benzene rings is 2. The van der Waals surface area contributed by atoms with E-state index in [0.717, 1.165) is 23.7 Å². The first-order valence-corrected chi connectivity index (χ1v) is 9.58. The Morgan fingerprint density at radius 1 is 0.964 bits per heavy atom. The summed E-state index contributed by atoms with van der Waals surface area (Å²) in [5.74, 6) is 0.703. The molecule has 1 unspecified atom stereocenters. The van der Waals surface area contributed by atoms with Gasteiger partial charge in [-0.3, -0.25) is 9.59 Å². The molecule has 0 aliphatic carbocycles. The minimum atomic E-state index is -0.123. The Hall–Kier alpha value is -2.86. The Morgan fingerprint density at radius 2 is 1.54 bits per heavy atom. The molecule has 0 heterocycles.